The summed E-state index contributed by atoms with van der Waals surface area (Å²) < 4.78 is 1.10. The Bertz CT molecular complexity index is 604. The molecule has 0 saturated heterocycles. The number of amides is 2. The third kappa shape index (κ3) is 2.87. The molecular formula is C14H19N3OS. The van der Waals surface area contributed by atoms with Gasteiger partial charge in [0, 0.05) is 7.05 Å². The van der Waals surface area contributed by atoms with Crippen molar-refractivity contribution >= 4 is 32.7 Å². The largest absolute Gasteiger partial charge is 0.341 e. The first-order chi connectivity index (χ1) is 8.96. The van der Waals surface area contributed by atoms with E-state index in [1.807, 2.05) is 6.07 Å². The van der Waals surface area contributed by atoms with Crippen molar-refractivity contribution in [2.24, 2.45) is 0 Å². The second-order valence-corrected chi connectivity index (χ2v) is 6.17. The zero-order chi connectivity index (χ0) is 14.0. The summed E-state index contributed by atoms with van der Waals surface area (Å²) in [5.74, 6) is 0. The first kappa shape index (κ1) is 13.8. The van der Waals surface area contributed by atoms with E-state index in [0.29, 0.717) is 5.13 Å². The van der Waals surface area contributed by atoms with E-state index in [4.69, 9.17) is 0 Å². The second-order valence-electron chi connectivity index (χ2n) is 5.14. The van der Waals surface area contributed by atoms with E-state index in [0.717, 1.165) is 16.6 Å². The van der Waals surface area contributed by atoms with Crippen molar-refractivity contribution in [3.63, 3.8) is 0 Å². The van der Waals surface area contributed by atoms with Crippen LogP contribution < -0.4 is 10.6 Å². The normalized spacial score (nSPS) is 11.6. The Morgan fingerprint density at radius 3 is 2.79 bits per heavy atom. The fourth-order valence-corrected chi connectivity index (χ4v) is 2.66. The number of carbonyl (C=O) groups is 1. The number of nitrogens with zero attached hydrogens (tertiary/aromatic N) is 1. The number of aromatic nitrogens is 1. The number of benzene rings is 1. The molecule has 1 heterocycles. The van der Waals surface area contributed by atoms with Gasteiger partial charge in [-0.25, -0.2) is 9.78 Å². The topological polar surface area (TPSA) is 54.0 Å². The van der Waals surface area contributed by atoms with Crippen molar-refractivity contribution in [1.29, 1.82) is 0 Å². The van der Waals surface area contributed by atoms with Crippen LogP contribution >= 0.6 is 11.3 Å². The van der Waals surface area contributed by atoms with Crippen LogP contribution in [0.5, 0.6) is 0 Å². The number of anilines is 1. The Hall–Kier alpha value is -1.62. The highest BCUT2D eigenvalue weighted by Crippen LogP contribution is 2.32. The maximum atomic E-state index is 11.3. The number of hydrogen-bond acceptors (Lipinski definition) is 3. The van der Waals surface area contributed by atoms with Gasteiger partial charge < -0.3 is 5.32 Å². The quantitative estimate of drug-likeness (QED) is 0.898. The van der Waals surface area contributed by atoms with Gasteiger partial charge in [0.05, 0.1) is 10.2 Å². The summed E-state index contributed by atoms with van der Waals surface area (Å²) in [6.45, 7) is 6.66. The lowest BCUT2D eigenvalue weighted by Crippen LogP contribution is -2.24. The highest BCUT2D eigenvalue weighted by Gasteiger charge is 2.19. The fourth-order valence-electron chi connectivity index (χ4n) is 1.76. The lowest BCUT2D eigenvalue weighted by Gasteiger charge is -2.23. The van der Waals surface area contributed by atoms with E-state index in [1.165, 1.54) is 16.9 Å². The molecule has 1 aromatic carbocycles. The molecule has 0 spiro atoms. The predicted octanol–water partition coefficient (Wildman–Crippen LogP) is 3.74. The molecule has 1 aromatic heterocycles. The van der Waals surface area contributed by atoms with Gasteiger partial charge in [-0.3, -0.25) is 5.32 Å². The summed E-state index contributed by atoms with van der Waals surface area (Å²) in [7, 11) is 1.59. The van der Waals surface area contributed by atoms with Gasteiger partial charge in [0.2, 0.25) is 0 Å². The molecule has 2 aromatic rings. The summed E-state index contributed by atoms with van der Waals surface area (Å²) in [5, 5.41) is 5.86. The Labute approximate surface area is 117 Å². The van der Waals surface area contributed by atoms with Crippen LogP contribution in [0.4, 0.5) is 9.93 Å². The smallest absolute Gasteiger partial charge is 0.320 e. The van der Waals surface area contributed by atoms with E-state index >= 15 is 0 Å². The molecule has 0 saturated carbocycles. The lowest BCUT2D eigenvalue weighted by molar-refractivity contribution is 0.254. The summed E-state index contributed by atoms with van der Waals surface area (Å²) in [6, 6.07) is 6.07. The molecule has 0 atom stereocenters. The maximum absolute atomic E-state index is 11.3. The van der Waals surface area contributed by atoms with Crippen LogP contribution in [0.2, 0.25) is 0 Å². The molecule has 0 radical (unpaired) electrons. The molecule has 4 nitrogen and oxygen atoms in total. The third-order valence-corrected chi connectivity index (χ3v) is 4.43. The number of urea groups is 1. The number of nitrogens with one attached hydrogen (secondary N) is 2. The molecule has 0 bridgehead atoms. The molecule has 0 aliphatic heterocycles. The van der Waals surface area contributed by atoms with Gasteiger partial charge in [-0.2, -0.15) is 0 Å². The van der Waals surface area contributed by atoms with Crippen LogP contribution in [0.15, 0.2) is 18.2 Å². The van der Waals surface area contributed by atoms with E-state index in [1.54, 1.807) is 7.05 Å². The SMILES string of the molecule is CCC(C)(C)c1ccc2nc(NC(=O)NC)sc2c1. The summed E-state index contributed by atoms with van der Waals surface area (Å²) in [4.78, 5) is 15.7. The zero-order valence-corrected chi connectivity index (χ0v) is 12.5. The van der Waals surface area contributed by atoms with Crippen molar-refractivity contribution in [2.45, 2.75) is 32.6 Å². The molecule has 102 valence electrons. The fraction of sp³-hybridized carbons (Fsp3) is 0.429. The van der Waals surface area contributed by atoms with Gasteiger partial charge in [0.15, 0.2) is 5.13 Å². The second kappa shape index (κ2) is 5.17. The third-order valence-electron chi connectivity index (χ3n) is 3.50. The summed E-state index contributed by atoms with van der Waals surface area (Å²) in [6.07, 6.45) is 1.08. The van der Waals surface area contributed by atoms with E-state index in [9.17, 15) is 4.79 Å². The molecule has 0 unspecified atom stereocenters. The molecule has 2 amide bonds. The highest BCUT2D eigenvalue weighted by molar-refractivity contribution is 7.22. The van der Waals surface area contributed by atoms with Crippen molar-refractivity contribution in [3.8, 4) is 0 Å². The number of rotatable bonds is 3. The van der Waals surface area contributed by atoms with Gasteiger partial charge in [0.1, 0.15) is 0 Å². The Kier molecular flexibility index (Phi) is 3.75. The van der Waals surface area contributed by atoms with Gasteiger partial charge in [-0.15, -0.1) is 0 Å². The number of hydrogen-bond donors (Lipinski definition) is 2. The van der Waals surface area contributed by atoms with Gasteiger partial charge in [-0.05, 0) is 29.5 Å². The Balaban J connectivity index is 2.36. The number of thiazole rings is 1. The molecule has 0 fully saturated rings. The van der Waals surface area contributed by atoms with Crippen LogP contribution in [0, 0.1) is 0 Å². The zero-order valence-electron chi connectivity index (χ0n) is 11.7. The van der Waals surface area contributed by atoms with Crippen molar-refractivity contribution < 1.29 is 4.79 Å². The molecule has 2 rings (SSSR count). The minimum Gasteiger partial charge on any atom is -0.341 e. The molecule has 0 aliphatic rings. The summed E-state index contributed by atoms with van der Waals surface area (Å²) in [5.41, 5.74) is 2.39. The molecule has 0 aliphatic carbocycles. The number of fused-ring (bicyclic) bond motifs is 1. The van der Waals surface area contributed by atoms with Gasteiger partial charge in [0.25, 0.3) is 0 Å². The molecule has 19 heavy (non-hydrogen) atoms. The molecular weight excluding hydrogens is 258 g/mol. The van der Waals surface area contributed by atoms with Crippen molar-refractivity contribution in [2.75, 3.05) is 12.4 Å². The van der Waals surface area contributed by atoms with Crippen LogP contribution in [-0.2, 0) is 5.41 Å². The monoisotopic (exact) mass is 277 g/mol. The maximum Gasteiger partial charge on any atom is 0.320 e. The predicted molar refractivity (Wildman–Crippen MR) is 81.0 cm³/mol. The average Bonchev–Trinajstić information content (AvgIpc) is 2.79. The van der Waals surface area contributed by atoms with E-state index in [-0.39, 0.29) is 11.4 Å². The van der Waals surface area contributed by atoms with E-state index < -0.39 is 0 Å². The van der Waals surface area contributed by atoms with Crippen LogP contribution in [0.25, 0.3) is 10.2 Å². The highest BCUT2D eigenvalue weighted by atomic mass is 32.1. The first-order valence-electron chi connectivity index (χ1n) is 6.36. The van der Waals surface area contributed by atoms with E-state index in [2.05, 4.69) is 48.5 Å². The van der Waals surface area contributed by atoms with Crippen LogP contribution in [-0.4, -0.2) is 18.1 Å². The van der Waals surface area contributed by atoms with Crippen molar-refractivity contribution in [1.82, 2.24) is 10.3 Å². The lowest BCUT2D eigenvalue weighted by atomic mass is 9.82. The first-order valence-corrected chi connectivity index (χ1v) is 7.17. The minimum absolute atomic E-state index is 0.159. The summed E-state index contributed by atoms with van der Waals surface area (Å²) >= 11 is 1.50. The van der Waals surface area contributed by atoms with Gasteiger partial charge in [-0.1, -0.05) is 38.2 Å². The van der Waals surface area contributed by atoms with Crippen LogP contribution in [0.1, 0.15) is 32.8 Å². The number of carbonyl (C=O) groups excluding carboxylic acids is 1. The van der Waals surface area contributed by atoms with Crippen LogP contribution in [0.3, 0.4) is 0 Å². The minimum atomic E-state index is -0.242. The average molecular weight is 277 g/mol. The van der Waals surface area contributed by atoms with Crippen molar-refractivity contribution in [3.05, 3.63) is 23.8 Å². The standard InChI is InChI=1S/C14H19N3OS/c1-5-14(2,3)9-6-7-10-11(8-9)19-13(16-10)17-12(18)15-4/h6-8H,5H2,1-4H3,(H2,15,16,17,18). The Morgan fingerprint density at radius 1 is 1.42 bits per heavy atom. The molecule has 5 heteroatoms. The Morgan fingerprint density at radius 2 is 2.16 bits per heavy atom. The molecule has 2 N–H and O–H groups in total. The van der Waals surface area contributed by atoms with Gasteiger partial charge >= 0.3 is 6.03 Å².